The average molecular weight is 352 g/mol. The van der Waals surface area contributed by atoms with E-state index in [0.717, 1.165) is 12.0 Å². The number of para-hydroxylation sites is 1. The number of halogens is 1. The second kappa shape index (κ2) is 6.90. The van der Waals surface area contributed by atoms with Crippen molar-refractivity contribution in [1.29, 1.82) is 0 Å². The first-order chi connectivity index (χ1) is 12.2. The molecule has 0 aliphatic rings. The van der Waals surface area contributed by atoms with Gasteiger partial charge in [0.1, 0.15) is 5.82 Å². The fourth-order valence-corrected chi connectivity index (χ4v) is 3.64. The number of nitrogens with zero attached hydrogens (tertiary/aromatic N) is 1. The standard InChI is InChI=1S/C24H30FN/c1-16(2)26-21-10-8-7-9-20(21)23(18-11-13-19(25)14-12-18)22(26)15-17(3)24(4,5)6/h7-14,16-17H,15H2,1-6H3/t17-/m1/s1. The van der Waals surface area contributed by atoms with Gasteiger partial charge in [0.05, 0.1) is 0 Å². The molecule has 0 amide bonds. The van der Waals surface area contributed by atoms with Crippen LogP contribution in [0.2, 0.25) is 0 Å². The third-order valence-corrected chi connectivity index (χ3v) is 5.64. The summed E-state index contributed by atoms with van der Waals surface area (Å²) in [6.07, 6.45) is 1.00. The lowest BCUT2D eigenvalue weighted by molar-refractivity contribution is 0.256. The summed E-state index contributed by atoms with van der Waals surface area (Å²) in [5, 5.41) is 1.25. The molecular formula is C24H30FN. The van der Waals surface area contributed by atoms with Gasteiger partial charge in [-0.1, -0.05) is 58.0 Å². The minimum absolute atomic E-state index is 0.189. The maximum absolute atomic E-state index is 13.5. The van der Waals surface area contributed by atoms with Gasteiger partial charge in [0.25, 0.3) is 0 Å². The van der Waals surface area contributed by atoms with E-state index in [4.69, 9.17) is 0 Å². The van der Waals surface area contributed by atoms with Crippen LogP contribution in [0.1, 0.15) is 53.3 Å². The molecule has 1 nitrogen and oxygen atoms in total. The van der Waals surface area contributed by atoms with Gasteiger partial charge in [-0.05, 0) is 55.4 Å². The zero-order valence-electron chi connectivity index (χ0n) is 16.8. The Hall–Kier alpha value is -2.09. The van der Waals surface area contributed by atoms with Crippen molar-refractivity contribution in [3.05, 3.63) is 60.0 Å². The molecule has 2 heteroatoms. The molecule has 0 bridgehead atoms. The van der Waals surface area contributed by atoms with Crippen molar-refractivity contribution < 1.29 is 4.39 Å². The van der Waals surface area contributed by atoms with Crippen LogP contribution in [0.5, 0.6) is 0 Å². The topological polar surface area (TPSA) is 4.93 Å². The van der Waals surface area contributed by atoms with E-state index < -0.39 is 0 Å². The van der Waals surface area contributed by atoms with Crippen LogP contribution in [-0.4, -0.2) is 4.57 Å². The van der Waals surface area contributed by atoms with Gasteiger partial charge < -0.3 is 4.57 Å². The molecule has 2 aromatic carbocycles. The summed E-state index contributed by atoms with van der Waals surface area (Å²) in [4.78, 5) is 0. The highest BCUT2D eigenvalue weighted by molar-refractivity contribution is 5.98. The molecular weight excluding hydrogens is 321 g/mol. The highest BCUT2D eigenvalue weighted by Gasteiger charge is 2.26. The lowest BCUT2D eigenvalue weighted by atomic mass is 9.78. The van der Waals surface area contributed by atoms with Crippen molar-refractivity contribution in [2.45, 2.75) is 54.0 Å². The maximum Gasteiger partial charge on any atom is 0.123 e. The first-order valence-corrected chi connectivity index (χ1v) is 9.58. The third-order valence-electron chi connectivity index (χ3n) is 5.64. The molecule has 0 radical (unpaired) electrons. The van der Waals surface area contributed by atoms with Gasteiger partial charge in [-0.15, -0.1) is 0 Å². The van der Waals surface area contributed by atoms with E-state index in [1.165, 1.54) is 22.2 Å². The monoisotopic (exact) mass is 351 g/mol. The van der Waals surface area contributed by atoms with E-state index in [2.05, 4.69) is 70.4 Å². The number of hydrogen-bond donors (Lipinski definition) is 0. The van der Waals surface area contributed by atoms with Crippen molar-refractivity contribution in [2.75, 3.05) is 0 Å². The molecule has 0 saturated heterocycles. The lowest BCUT2D eigenvalue weighted by Gasteiger charge is -2.29. The highest BCUT2D eigenvalue weighted by atomic mass is 19.1. The fourth-order valence-electron chi connectivity index (χ4n) is 3.64. The summed E-state index contributed by atoms with van der Waals surface area (Å²) in [6.45, 7) is 13.7. The summed E-state index contributed by atoms with van der Waals surface area (Å²) in [5.74, 6) is 0.342. The molecule has 26 heavy (non-hydrogen) atoms. The third kappa shape index (κ3) is 3.42. The zero-order chi connectivity index (χ0) is 19.1. The number of rotatable bonds is 4. The van der Waals surface area contributed by atoms with Crippen LogP contribution in [-0.2, 0) is 6.42 Å². The zero-order valence-corrected chi connectivity index (χ0v) is 16.8. The van der Waals surface area contributed by atoms with Crippen molar-refractivity contribution in [1.82, 2.24) is 4.57 Å². The van der Waals surface area contributed by atoms with Crippen LogP contribution in [0.3, 0.4) is 0 Å². The van der Waals surface area contributed by atoms with Gasteiger partial charge >= 0.3 is 0 Å². The fraction of sp³-hybridized carbons (Fsp3) is 0.417. The van der Waals surface area contributed by atoms with E-state index in [9.17, 15) is 4.39 Å². The predicted molar refractivity (Wildman–Crippen MR) is 110 cm³/mol. The molecule has 1 heterocycles. The van der Waals surface area contributed by atoms with Gasteiger partial charge in [-0.3, -0.25) is 0 Å². The van der Waals surface area contributed by atoms with Crippen molar-refractivity contribution >= 4 is 10.9 Å². The lowest BCUT2D eigenvalue weighted by Crippen LogP contribution is -2.21. The Labute approximate surface area is 156 Å². The van der Waals surface area contributed by atoms with E-state index in [1.807, 2.05) is 12.1 Å². The highest BCUT2D eigenvalue weighted by Crippen LogP contribution is 2.40. The van der Waals surface area contributed by atoms with Crippen molar-refractivity contribution in [3.8, 4) is 11.1 Å². The SMILES string of the molecule is CC(C)n1c(C[C@@H](C)C(C)(C)C)c(-c2ccc(F)cc2)c2ccccc21. The van der Waals surface area contributed by atoms with Crippen LogP contribution < -0.4 is 0 Å². The van der Waals surface area contributed by atoms with E-state index in [-0.39, 0.29) is 11.2 Å². The van der Waals surface area contributed by atoms with Crippen LogP contribution >= 0.6 is 0 Å². The second-order valence-corrected chi connectivity index (χ2v) is 8.78. The molecule has 0 saturated carbocycles. The largest absolute Gasteiger partial charge is 0.341 e. The van der Waals surface area contributed by atoms with E-state index in [0.29, 0.717) is 12.0 Å². The molecule has 1 atom stereocenters. The molecule has 0 aliphatic carbocycles. The van der Waals surface area contributed by atoms with Crippen LogP contribution in [0.15, 0.2) is 48.5 Å². The smallest absolute Gasteiger partial charge is 0.123 e. The number of fused-ring (bicyclic) bond motifs is 1. The molecule has 0 aliphatic heterocycles. The summed E-state index contributed by atoms with van der Waals surface area (Å²) < 4.78 is 16.0. The van der Waals surface area contributed by atoms with E-state index in [1.54, 1.807) is 12.1 Å². The predicted octanol–water partition coefficient (Wildman–Crippen LogP) is 7.25. The molecule has 3 rings (SSSR count). The molecule has 3 aromatic rings. The van der Waals surface area contributed by atoms with Crippen molar-refractivity contribution in [3.63, 3.8) is 0 Å². The Balaban J connectivity index is 2.30. The number of benzene rings is 2. The van der Waals surface area contributed by atoms with Crippen molar-refractivity contribution in [2.24, 2.45) is 11.3 Å². The van der Waals surface area contributed by atoms with Gasteiger partial charge in [0.2, 0.25) is 0 Å². The Bertz CT molecular complexity index is 894. The quantitative estimate of drug-likeness (QED) is 0.466. The summed E-state index contributed by atoms with van der Waals surface area (Å²) in [5.41, 5.74) is 5.20. The summed E-state index contributed by atoms with van der Waals surface area (Å²) in [6, 6.07) is 15.9. The Kier molecular flexibility index (Phi) is 4.96. The van der Waals surface area contributed by atoms with Gasteiger partial charge in [0, 0.05) is 28.2 Å². The van der Waals surface area contributed by atoms with Gasteiger partial charge in [-0.25, -0.2) is 4.39 Å². The normalized spacial score (nSPS) is 13.5. The Morgan fingerprint density at radius 2 is 1.54 bits per heavy atom. The summed E-state index contributed by atoms with van der Waals surface area (Å²) >= 11 is 0. The molecule has 0 unspecified atom stereocenters. The molecule has 0 spiro atoms. The Morgan fingerprint density at radius 1 is 0.923 bits per heavy atom. The first-order valence-electron chi connectivity index (χ1n) is 9.58. The maximum atomic E-state index is 13.5. The first kappa shape index (κ1) is 18.7. The van der Waals surface area contributed by atoms with Crippen LogP contribution in [0.4, 0.5) is 4.39 Å². The minimum atomic E-state index is -0.189. The molecule has 138 valence electrons. The average Bonchev–Trinajstić information content (AvgIpc) is 2.88. The van der Waals surface area contributed by atoms with Crippen LogP contribution in [0.25, 0.3) is 22.0 Å². The summed E-state index contributed by atoms with van der Waals surface area (Å²) in [7, 11) is 0. The van der Waals surface area contributed by atoms with E-state index >= 15 is 0 Å². The van der Waals surface area contributed by atoms with Gasteiger partial charge in [0.15, 0.2) is 0 Å². The van der Waals surface area contributed by atoms with Gasteiger partial charge in [-0.2, -0.15) is 0 Å². The number of hydrogen-bond acceptors (Lipinski definition) is 0. The Morgan fingerprint density at radius 3 is 2.12 bits per heavy atom. The second-order valence-electron chi connectivity index (χ2n) is 8.78. The minimum Gasteiger partial charge on any atom is -0.341 e. The number of aromatic nitrogens is 1. The molecule has 0 N–H and O–H groups in total. The molecule has 1 aromatic heterocycles. The molecule has 0 fully saturated rings. The van der Waals surface area contributed by atoms with Crippen LogP contribution in [0, 0.1) is 17.2 Å².